The van der Waals surface area contributed by atoms with Gasteiger partial charge in [-0.15, -0.1) is 11.8 Å². The number of thioether (sulfide) groups is 1. The minimum atomic E-state index is -1.07. The highest BCUT2D eigenvalue weighted by Crippen LogP contribution is 2.76. The van der Waals surface area contributed by atoms with Gasteiger partial charge in [-0.1, -0.05) is 38.7 Å². The molecule has 8 heteroatoms. The van der Waals surface area contributed by atoms with Crippen molar-refractivity contribution < 1.29 is 29.2 Å². The van der Waals surface area contributed by atoms with Crippen molar-refractivity contribution in [1.29, 1.82) is 0 Å². The van der Waals surface area contributed by atoms with Crippen LogP contribution in [0.4, 0.5) is 5.69 Å². The van der Waals surface area contributed by atoms with Gasteiger partial charge in [0, 0.05) is 55.0 Å². The lowest BCUT2D eigenvalue weighted by atomic mass is 9.44. The fourth-order valence-electron chi connectivity index (χ4n) is 11.2. The van der Waals surface area contributed by atoms with Gasteiger partial charge in [0.2, 0.25) is 0 Å². The Hall–Kier alpha value is -1.31. The molecule has 2 N–H and O–H groups in total. The van der Waals surface area contributed by atoms with E-state index in [-0.39, 0.29) is 34.4 Å². The molecule has 7 aliphatic rings. The van der Waals surface area contributed by atoms with Crippen LogP contribution in [-0.2, 0) is 18.9 Å². The fourth-order valence-corrected chi connectivity index (χ4v) is 13.2. The van der Waals surface area contributed by atoms with Crippen LogP contribution in [0.15, 0.2) is 23.1 Å². The van der Waals surface area contributed by atoms with Crippen molar-refractivity contribution in [1.82, 2.24) is 0 Å². The summed E-state index contributed by atoms with van der Waals surface area (Å²) in [6, 6.07) is 6.94. The first kappa shape index (κ1) is 32.9. The molecule has 8 rings (SSSR count). The lowest BCUT2D eigenvalue weighted by molar-refractivity contribution is -0.338. The van der Waals surface area contributed by atoms with Gasteiger partial charge in [0.25, 0.3) is 0 Å². The van der Waals surface area contributed by atoms with E-state index in [0.717, 1.165) is 64.4 Å². The molecule has 0 radical (unpaired) electrons. The molecule has 4 aliphatic carbocycles. The number of fused-ring (bicyclic) bond motifs is 4. The number of hydrogen-bond donors (Lipinski definition) is 2. The monoisotopic (exact) mass is 665 g/mol. The molecular weight excluding hydrogens is 610 g/mol. The minimum Gasteiger partial charge on any atom is -0.388 e. The molecule has 47 heavy (non-hydrogen) atoms. The first-order chi connectivity index (χ1) is 22.3. The summed E-state index contributed by atoms with van der Waals surface area (Å²) in [4.78, 5) is 3.46. The second kappa shape index (κ2) is 11.4. The van der Waals surface area contributed by atoms with Crippen LogP contribution in [0, 0.1) is 40.4 Å². The van der Waals surface area contributed by atoms with Gasteiger partial charge in [0.05, 0.1) is 23.6 Å². The van der Waals surface area contributed by atoms with E-state index in [0.29, 0.717) is 43.8 Å². The average molecular weight is 666 g/mol. The summed E-state index contributed by atoms with van der Waals surface area (Å²) in [5, 5.41) is 25.5. The largest absolute Gasteiger partial charge is 0.388 e. The molecule has 9 atom stereocenters. The highest BCUT2D eigenvalue weighted by molar-refractivity contribution is 8.01. The highest BCUT2D eigenvalue weighted by Gasteiger charge is 2.74. The van der Waals surface area contributed by atoms with Crippen molar-refractivity contribution in [3.05, 3.63) is 23.8 Å². The molecule has 1 aromatic carbocycles. The molecule has 1 aromatic rings. The van der Waals surface area contributed by atoms with Crippen molar-refractivity contribution in [3.63, 3.8) is 0 Å². The van der Waals surface area contributed by atoms with Gasteiger partial charge in [0.1, 0.15) is 12.2 Å². The van der Waals surface area contributed by atoms with Gasteiger partial charge in [-0.25, -0.2) is 0 Å². The van der Waals surface area contributed by atoms with Crippen molar-refractivity contribution in [2.45, 2.75) is 130 Å². The molecule has 3 heterocycles. The summed E-state index contributed by atoms with van der Waals surface area (Å²) in [7, 11) is 4.20. The van der Waals surface area contributed by atoms with E-state index in [1.165, 1.54) is 16.1 Å². The van der Waals surface area contributed by atoms with E-state index < -0.39 is 17.0 Å². The summed E-state index contributed by atoms with van der Waals surface area (Å²) < 4.78 is 24.5. The van der Waals surface area contributed by atoms with Crippen LogP contribution in [0.25, 0.3) is 0 Å². The zero-order valence-corrected chi connectivity index (χ0v) is 29.9. The van der Waals surface area contributed by atoms with Crippen molar-refractivity contribution in [2.24, 2.45) is 28.6 Å². The molecule has 2 spiro atoms. The van der Waals surface area contributed by atoms with Gasteiger partial charge in [-0.2, -0.15) is 0 Å². The Bertz CT molecular complexity index is 1440. The smallest absolute Gasteiger partial charge is 0.171 e. The summed E-state index contributed by atoms with van der Waals surface area (Å²) in [5.41, 5.74) is 0.239. The van der Waals surface area contributed by atoms with E-state index in [1.54, 1.807) is 0 Å². The van der Waals surface area contributed by atoms with Crippen molar-refractivity contribution in [2.75, 3.05) is 45.4 Å². The quantitative estimate of drug-likeness (QED) is 0.355. The van der Waals surface area contributed by atoms with Gasteiger partial charge >= 0.3 is 0 Å². The fraction of sp³-hybridized carbons (Fsp3) is 0.795. The molecule has 3 aliphatic heterocycles. The Morgan fingerprint density at radius 2 is 1.81 bits per heavy atom. The lowest BCUT2D eigenvalue weighted by Crippen LogP contribution is -2.72. The summed E-state index contributed by atoms with van der Waals surface area (Å²) in [5.74, 6) is 7.26. The topological polar surface area (TPSA) is 80.6 Å². The normalized spacial score (nSPS) is 44.3. The molecule has 258 valence electrons. The Balaban J connectivity index is 1.15. The van der Waals surface area contributed by atoms with Crippen LogP contribution in [0.5, 0.6) is 0 Å². The molecule has 0 amide bonds. The zero-order chi connectivity index (χ0) is 32.9. The second-order valence-corrected chi connectivity index (χ2v) is 18.7. The van der Waals surface area contributed by atoms with Crippen LogP contribution in [0.2, 0.25) is 0 Å². The van der Waals surface area contributed by atoms with Crippen LogP contribution < -0.4 is 4.90 Å². The van der Waals surface area contributed by atoms with Crippen LogP contribution in [0.1, 0.15) is 103 Å². The molecule has 0 bridgehead atoms. The predicted molar refractivity (Wildman–Crippen MR) is 183 cm³/mol. The number of aliphatic hydroxyl groups is 2. The van der Waals surface area contributed by atoms with Gasteiger partial charge in [0.15, 0.2) is 12.1 Å². The SMILES string of the molecule is CN(C)c1ccc2c(c1)S[C@]13CCC4(C[C@]1(O)CC[C@@H]1C3[C@@H]2C[C@@]2(C)[C@H]1CC[C@]2(O)C#CCOC1CCCCO1)OCC(C)(C)CO4. The minimum absolute atomic E-state index is 0.0152. The Morgan fingerprint density at radius 3 is 2.55 bits per heavy atom. The Labute approximate surface area is 285 Å². The average Bonchev–Trinajstić information content (AvgIpc) is 3.31. The number of benzene rings is 1. The number of anilines is 1. The second-order valence-electron chi connectivity index (χ2n) is 17.3. The van der Waals surface area contributed by atoms with Crippen LogP contribution in [0.3, 0.4) is 0 Å². The van der Waals surface area contributed by atoms with Crippen LogP contribution in [-0.4, -0.2) is 78.8 Å². The lowest BCUT2D eigenvalue weighted by Gasteiger charge is -2.69. The third-order valence-corrected chi connectivity index (χ3v) is 15.5. The van der Waals surface area contributed by atoms with Gasteiger partial charge < -0.3 is 34.1 Å². The van der Waals surface area contributed by atoms with Crippen molar-refractivity contribution in [3.8, 4) is 11.8 Å². The first-order valence-electron chi connectivity index (χ1n) is 18.3. The third-order valence-electron chi connectivity index (χ3n) is 13.7. The predicted octanol–water partition coefficient (Wildman–Crippen LogP) is 6.49. The van der Waals surface area contributed by atoms with Crippen LogP contribution >= 0.6 is 11.8 Å². The van der Waals surface area contributed by atoms with E-state index in [2.05, 4.69) is 69.8 Å². The number of hydrogen-bond acceptors (Lipinski definition) is 8. The third kappa shape index (κ3) is 5.07. The molecular formula is C39H55NO6S. The summed E-state index contributed by atoms with van der Waals surface area (Å²) >= 11 is 1.96. The molecule has 2 saturated heterocycles. The van der Waals surface area contributed by atoms with E-state index in [9.17, 15) is 10.2 Å². The molecule has 0 aromatic heterocycles. The van der Waals surface area contributed by atoms with E-state index >= 15 is 0 Å². The number of rotatable bonds is 3. The maximum absolute atomic E-state index is 13.1. The number of nitrogens with zero attached hydrogens (tertiary/aromatic N) is 1. The number of ether oxygens (including phenoxy) is 4. The Kier molecular flexibility index (Phi) is 7.94. The van der Waals surface area contributed by atoms with Gasteiger partial charge in [-0.3, -0.25) is 0 Å². The molecule has 6 fully saturated rings. The van der Waals surface area contributed by atoms with E-state index in [4.69, 9.17) is 18.9 Å². The van der Waals surface area contributed by atoms with E-state index in [1.807, 2.05) is 11.8 Å². The Morgan fingerprint density at radius 1 is 1.00 bits per heavy atom. The molecule has 2 unspecified atom stereocenters. The first-order valence-corrected chi connectivity index (χ1v) is 19.1. The molecule has 4 saturated carbocycles. The summed E-state index contributed by atoms with van der Waals surface area (Å²) in [6.45, 7) is 9.06. The standard InChI is InChI=1S/C39H55NO6S/c1-34(2)24-45-38(46-25-34)17-18-39-33-28(12-15-37(39,42)23-38)30-13-16-36(41,14-8-20-44-32-9-6-7-19-43-32)35(30,3)22-29(33)27-11-10-26(40(4)5)21-31(27)47-39/h10-11,21,28-30,32-33,41-42H,6-7,9,12-13,15-20,22-25H2,1-5H3/t28-,29+,30-,32?,33?,35-,36+,37+,39-/m0/s1. The molecule has 7 nitrogen and oxygen atoms in total. The maximum Gasteiger partial charge on any atom is 0.171 e. The van der Waals surface area contributed by atoms with Crippen molar-refractivity contribution >= 4 is 17.4 Å². The maximum atomic E-state index is 13.1. The summed E-state index contributed by atoms with van der Waals surface area (Å²) in [6.07, 6.45) is 9.37. The van der Waals surface area contributed by atoms with Gasteiger partial charge in [-0.05, 0) is 99.2 Å². The highest BCUT2D eigenvalue weighted by atomic mass is 32.2. The zero-order valence-electron chi connectivity index (χ0n) is 29.1.